The minimum absolute atomic E-state index is 0.0666. The summed E-state index contributed by atoms with van der Waals surface area (Å²) in [6.45, 7) is 7.19. The second-order valence-corrected chi connectivity index (χ2v) is 19.3. The predicted octanol–water partition coefficient (Wildman–Crippen LogP) is 9.24. The van der Waals surface area contributed by atoms with Crippen LogP contribution in [0.4, 0.5) is 17.5 Å². The van der Waals surface area contributed by atoms with Gasteiger partial charge in [0.1, 0.15) is 71.1 Å². The number of methoxy groups -OCH3 is 2. The van der Waals surface area contributed by atoms with Gasteiger partial charge in [0.25, 0.3) is 0 Å². The van der Waals surface area contributed by atoms with Crippen LogP contribution in [0.3, 0.4) is 0 Å². The summed E-state index contributed by atoms with van der Waals surface area (Å²) in [7, 11) is 7.63. The van der Waals surface area contributed by atoms with Crippen LogP contribution < -0.4 is 30.0 Å². The zero-order valence-electron chi connectivity index (χ0n) is 43.1. The highest BCUT2D eigenvalue weighted by Crippen LogP contribution is 2.36. The summed E-state index contributed by atoms with van der Waals surface area (Å²) in [6, 6.07) is 26.9. The van der Waals surface area contributed by atoms with Gasteiger partial charge in [-0.3, -0.25) is 0 Å². The molecule has 0 amide bonds. The smallest absolute Gasteiger partial charge is 0.218 e. The van der Waals surface area contributed by atoms with E-state index >= 15 is 0 Å². The lowest BCUT2D eigenvalue weighted by atomic mass is 9.90. The zero-order valence-corrected chi connectivity index (χ0v) is 43.8. The van der Waals surface area contributed by atoms with Crippen molar-refractivity contribution < 1.29 is 28.4 Å². The summed E-state index contributed by atoms with van der Waals surface area (Å²) < 4.78 is 33.7. The molecule has 0 spiro atoms. The molecule has 3 N–H and O–H groups in total. The number of nitrogens with one attached hydrogen (secondary N) is 1. The van der Waals surface area contributed by atoms with Crippen molar-refractivity contribution in [2.24, 2.45) is 0 Å². The Hall–Kier alpha value is -7.19. The van der Waals surface area contributed by atoms with E-state index in [4.69, 9.17) is 50.7 Å². The van der Waals surface area contributed by atoms with Crippen molar-refractivity contribution in [2.45, 2.75) is 75.4 Å². The quantitative estimate of drug-likeness (QED) is 0.109. The number of hydrogen-bond acceptors (Lipinski definition) is 18. The number of rotatable bonds is 12. The third-order valence-corrected chi connectivity index (χ3v) is 14.0. The molecule has 4 saturated heterocycles. The number of anilines is 3. The molecular weight excluding hydrogens is 972 g/mol. The van der Waals surface area contributed by atoms with Gasteiger partial charge >= 0.3 is 0 Å². The van der Waals surface area contributed by atoms with E-state index in [1.54, 1.807) is 38.5 Å². The third kappa shape index (κ3) is 15.0. The largest absolute Gasteiger partial charge is 0.489 e. The fraction of sp³-hybridized carbons (Fsp3) is 0.429. The SMILES string of the molecule is COc1nc(N)ccc1C1CCN(C)CC1.COc1nc(Nc2cc(-c3ccc(OC4CCOCC4)c(C#N)c3)ncn2)ccc1C1CCN(C)CC1.N#Cc1cc(-c2cc(Cl)ncn2)ccc1OC1CCOCC1. The Balaban J connectivity index is 0.000000166. The minimum atomic E-state index is 0.0666. The molecule has 392 valence electrons. The van der Waals surface area contributed by atoms with Gasteiger partial charge in [-0.15, -0.1) is 0 Å². The predicted molar refractivity (Wildman–Crippen MR) is 287 cm³/mol. The lowest BCUT2D eigenvalue weighted by Gasteiger charge is -2.29. The Bertz CT molecular complexity index is 2910. The summed E-state index contributed by atoms with van der Waals surface area (Å²) in [5.74, 6) is 5.30. The fourth-order valence-corrected chi connectivity index (χ4v) is 9.63. The lowest BCUT2D eigenvalue weighted by Crippen LogP contribution is -2.29. The summed E-state index contributed by atoms with van der Waals surface area (Å²) in [5, 5.41) is 22.7. The molecule has 75 heavy (non-hydrogen) atoms. The molecule has 4 aliphatic heterocycles. The first-order valence-electron chi connectivity index (χ1n) is 25.5. The van der Waals surface area contributed by atoms with Crippen LogP contribution in [0.5, 0.6) is 23.3 Å². The van der Waals surface area contributed by atoms with Crippen LogP contribution in [0.25, 0.3) is 22.5 Å². The van der Waals surface area contributed by atoms with Crippen LogP contribution in [0.2, 0.25) is 5.15 Å². The van der Waals surface area contributed by atoms with Crippen molar-refractivity contribution in [3.05, 3.63) is 113 Å². The number of halogens is 1. The van der Waals surface area contributed by atoms with Crippen LogP contribution in [0, 0.1) is 22.7 Å². The van der Waals surface area contributed by atoms with Crippen LogP contribution >= 0.6 is 11.6 Å². The van der Waals surface area contributed by atoms with Crippen LogP contribution in [-0.4, -0.2) is 133 Å². The third-order valence-electron chi connectivity index (χ3n) is 13.8. The van der Waals surface area contributed by atoms with E-state index in [0.717, 1.165) is 81.4 Å². The van der Waals surface area contributed by atoms with Crippen molar-refractivity contribution in [1.29, 1.82) is 10.5 Å². The molecule has 2 aromatic carbocycles. The first-order valence-corrected chi connectivity index (χ1v) is 25.8. The highest BCUT2D eigenvalue weighted by atomic mass is 35.5. The first kappa shape index (κ1) is 54.1. The number of piperidine rings is 2. The number of aromatic nitrogens is 6. The van der Waals surface area contributed by atoms with Crippen LogP contribution in [-0.2, 0) is 9.47 Å². The maximum atomic E-state index is 9.73. The van der Waals surface area contributed by atoms with E-state index in [-0.39, 0.29) is 12.2 Å². The number of nitrogens with zero attached hydrogens (tertiary/aromatic N) is 10. The Morgan fingerprint density at radius 1 is 0.587 bits per heavy atom. The van der Waals surface area contributed by atoms with Gasteiger partial charge in [-0.05, 0) is 138 Å². The van der Waals surface area contributed by atoms with Crippen molar-refractivity contribution in [3.63, 3.8) is 0 Å². The number of nitrogens with two attached hydrogens (primary N) is 1. The van der Waals surface area contributed by atoms with Crippen molar-refractivity contribution in [3.8, 4) is 57.9 Å². The van der Waals surface area contributed by atoms with E-state index in [2.05, 4.69) is 78.4 Å². The number of benzene rings is 2. The number of ether oxygens (including phenoxy) is 6. The zero-order chi connectivity index (χ0) is 52.5. The van der Waals surface area contributed by atoms with Gasteiger partial charge in [0.2, 0.25) is 11.8 Å². The number of hydrogen-bond donors (Lipinski definition) is 2. The number of pyridine rings is 2. The molecule has 4 aromatic heterocycles. The molecule has 4 fully saturated rings. The molecule has 0 saturated carbocycles. The number of nitrogen functional groups attached to an aromatic ring is 1. The summed E-state index contributed by atoms with van der Waals surface area (Å²) in [4.78, 5) is 30.4. The summed E-state index contributed by atoms with van der Waals surface area (Å²) in [5.41, 5.74) is 12.0. The Morgan fingerprint density at radius 3 is 1.56 bits per heavy atom. The van der Waals surface area contributed by atoms with Gasteiger partial charge in [0.05, 0.1) is 63.2 Å². The molecule has 0 bridgehead atoms. The average Bonchev–Trinajstić information content (AvgIpc) is 3.45. The molecule has 0 aliphatic carbocycles. The van der Waals surface area contributed by atoms with Crippen molar-refractivity contribution in [2.75, 3.05) is 92.0 Å². The topological polar surface area (TPSA) is 225 Å². The van der Waals surface area contributed by atoms with Gasteiger partial charge in [0.15, 0.2) is 0 Å². The molecule has 0 unspecified atom stereocenters. The van der Waals surface area contributed by atoms with Crippen LogP contribution in [0.1, 0.15) is 85.5 Å². The second-order valence-electron chi connectivity index (χ2n) is 18.9. The maximum Gasteiger partial charge on any atom is 0.218 e. The molecule has 0 radical (unpaired) electrons. The normalized spacial score (nSPS) is 16.9. The van der Waals surface area contributed by atoms with Crippen LogP contribution in [0.15, 0.2) is 85.5 Å². The highest BCUT2D eigenvalue weighted by molar-refractivity contribution is 6.29. The molecular formula is C56H65ClN12O6. The minimum Gasteiger partial charge on any atom is -0.489 e. The van der Waals surface area contributed by atoms with Gasteiger partial charge in [0, 0.05) is 60.1 Å². The van der Waals surface area contributed by atoms with E-state index in [1.807, 2.05) is 36.4 Å². The fourth-order valence-electron chi connectivity index (χ4n) is 9.49. The molecule has 0 atom stereocenters. The summed E-state index contributed by atoms with van der Waals surface area (Å²) >= 11 is 5.88. The maximum absolute atomic E-state index is 9.73. The van der Waals surface area contributed by atoms with E-state index in [9.17, 15) is 10.5 Å². The van der Waals surface area contributed by atoms with Gasteiger partial charge < -0.3 is 49.3 Å². The van der Waals surface area contributed by atoms with Gasteiger partial charge in [-0.25, -0.2) is 19.9 Å². The number of nitriles is 2. The molecule has 18 nitrogen and oxygen atoms in total. The standard InChI is InChI=1S/C28H32N6O3.C16H14ClN3O2.C12H19N3O/c1-34-11-7-19(8-12-34)23-4-6-26(33-28(23)35-2)32-27-16-24(30-18-31-27)20-3-5-25(21(15-20)17-29)37-22-9-13-36-14-10-22;17-16-8-14(19-10-20-16)11-1-2-15(12(7-11)9-18)22-13-3-5-21-6-4-13;1-15-7-5-9(6-8-15)10-3-4-11(13)14-12(10)16-2/h3-6,15-16,18-19,22H,7-14H2,1-2H3,(H,30,31,32,33);1-2,7-8,10,13H,3-6H2;3-4,9H,5-8H2,1-2H3,(H2,13,14). The number of likely N-dealkylation sites (tertiary alicyclic amines) is 2. The highest BCUT2D eigenvalue weighted by Gasteiger charge is 2.25. The summed E-state index contributed by atoms with van der Waals surface area (Å²) in [6.07, 6.45) is 10.9. The van der Waals surface area contributed by atoms with Crippen molar-refractivity contribution >= 4 is 29.1 Å². The second kappa shape index (κ2) is 26.9. The molecule has 6 aromatic rings. The Morgan fingerprint density at radius 2 is 1.07 bits per heavy atom. The molecule has 8 heterocycles. The molecule has 4 aliphatic rings. The first-order chi connectivity index (χ1) is 36.6. The van der Waals surface area contributed by atoms with E-state index in [0.29, 0.717) is 107 Å². The molecule has 19 heteroatoms. The Labute approximate surface area is 444 Å². The Kier molecular flexibility index (Phi) is 19.4. The van der Waals surface area contributed by atoms with Gasteiger partial charge in [-0.1, -0.05) is 11.6 Å². The lowest BCUT2D eigenvalue weighted by molar-refractivity contribution is 0.0252. The van der Waals surface area contributed by atoms with E-state index < -0.39 is 0 Å². The van der Waals surface area contributed by atoms with E-state index in [1.165, 1.54) is 31.1 Å². The van der Waals surface area contributed by atoms with Crippen molar-refractivity contribution in [1.82, 2.24) is 39.7 Å². The average molecular weight is 1040 g/mol. The van der Waals surface area contributed by atoms with Gasteiger partial charge in [-0.2, -0.15) is 20.5 Å². The monoisotopic (exact) mass is 1040 g/mol. The molecule has 10 rings (SSSR count).